The standard InChI is InChI=1S/C14H20N4O2S/c1-11(2)10-21(19,20)17-8-12-6-13(9-15-7-12)14-4-5-16-18(14)3/h4-7,9,11,17H,8,10H2,1-3H3. The Morgan fingerprint density at radius 2 is 2.10 bits per heavy atom. The molecule has 0 radical (unpaired) electrons. The largest absolute Gasteiger partial charge is 0.268 e. The summed E-state index contributed by atoms with van der Waals surface area (Å²) in [4.78, 5) is 4.17. The first-order valence-corrected chi connectivity index (χ1v) is 8.42. The van der Waals surface area contributed by atoms with Crippen molar-refractivity contribution in [3.05, 3.63) is 36.3 Å². The number of sulfonamides is 1. The summed E-state index contributed by atoms with van der Waals surface area (Å²) in [6, 6.07) is 3.81. The van der Waals surface area contributed by atoms with Crippen LogP contribution in [0.4, 0.5) is 0 Å². The first-order chi connectivity index (χ1) is 9.87. The van der Waals surface area contributed by atoms with Crippen LogP contribution in [0.15, 0.2) is 30.7 Å². The molecular weight excluding hydrogens is 288 g/mol. The second-order valence-electron chi connectivity index (χ2n) is 5.42. The van der Waals surface area contributed by atoms with Gasteiger partial charge in [-0.05, 0) is 23.6 Å². The quantitative estimate of drug-likeness (QED) is 0.878. The van der Waals surface area contributed by atoms with Gasteiger partial charge in [0, 0.05) is 37.7 Å². The number of aryl methyl sites for hydroxylation is 1. The maximum absolute atomic E-state index is 11.8. The lowest BCUT2D eigenvalue weighted by Gasteiger charge is -2.09. The van der Waals surface area contributed by atoms with E-state index >= 15 is 0 Å². The zero-order valence-electron chi connectivity index (χ0n) is 12.4. The van der Waals surface area contributed by atoms with Crippen molar-refractivity contribution in [1.29, 1.82) is 0 Å². The molecule has 0 atom stereocenters. The van der Waals surface area contributed by atoms with Crippen LogP contribution in [0.3, 0.4) is 0 Å². The number of nitrogens with zero attached hydrogens (tertiary/aromatic N) is 3. The molecule has 0 bridgehead atoms. The number of pyridine rings is 1. The molecule has 0 spiro atoms. The molecule has 7 heteroatoms. The van der Waals surface area contributed by atoms with E-state index in [0.717, 1.165) is 16.8 Å². The summed E-state index contributed by atoms with van der Waals surface area (Å²) in [6.07, 6.45) is 5.12. The maximum atomic E-state index is 11.8. The molecule has 0 aliphatic carbocycles. The van der Waals surface area contributed by atoms with E-state index in [0.29, 0.717) is 0 Å². The molecule has 0 saturated carbocycles. The van der Waals surface area contributed by atoms with Crippen LogP contribution in [0.1, 0.15) is 19.4 Å². The topological polar surface area (TPSA) is 76.9 Å². The first kappa shape index (κ1) is 15.7. The predicted molar refractivity (Wildman–Crippen MR) is 81.9 cm³/mol. The van der Waals surface area contributed by atoms with Crippen molar-refractivity contribution in [3.8, 4) is 11.3 Å². The number of hydrogen-bond acceptors (Lipinski definition) is 4. The van der Waals surface area contributed by atoms with Gasteiger partial charge in [-0.1, -0.05) is 13.8 Å². The monoisotopic (exact) mass is 308 g/mol. The highest BCUT2D eigenvalue weighted by molar-refractivity contribution is 7.89. The molecule has 0 unspecified atom stereocenters. The second kappa shape index (κ2) is 6.36. The molecule has 2 rings (SSSR count). The number of nitrogens with one attached hydrogen (secondary N) is 1. The number of aromatic nitrogens is 3. The molecule has 114 valence electrons. The molecule has 0 saturated heterocycles. The van der Waals surface area contributed by atoms with Gasteiger partial charge in [0.05, 0.1) is 11.4 Å². The Kier molecular flexibility index (Phi) is 4.74. The highest BCUT2D eigenvalue weighted by Crippen LogP contribution is 2.18. The molecule has 2 aromatic heterocycles. The van der Waals surface area contributed by atoms with Gasteiger partial charge in [-0.2, -0.15) is 5.10 Å². The maximum Gasteiger partial charge on any atom is 0.212 e. The third-order valence-corrected chi connectivity index (χ3v) is 4.65. The van der Waals surface area contributed by atoms with Crippen LogP contribution in [0, 0.1) is 5.92 Å². The Hall–Kier alpha value is -1.73. The van der Waals surface area contributed by atoms with Crippen molar-refractivity contribution in [3.63, 3.8) is 0 Å². The molecule has 2 aromatic rings. The predicted octanol–water partition coefficient (Wildman–Crippen LogP) is 1.56. The first-order valence-electron chi connectivity index (χ1n) is 6.77. The SMILES string of the molecule is CC(C)CS(=O)(=O)NCc1cncc(-c2ccnn2C)c1. The van der Waals surface area contributed by atoms with Crippen LogP contribution >= 0.6 is 0 Å². The Labute approximate surface area is 125 Å². The van der Waals surface area contributed by atoms with E-state index in [1.165, 1.54) is 0 Å². The summed E-state index contributed by atoms with van der Waals surface area (Å²) in [7, 11) is -1.39. The lowest BCUT2D eigenvalue weighted by atomic mass is 10.1. The van der Waals surface area contributed by atoms with Crippen LogP contribution in [-0.2, 0) is 23.6 Å². The smallest absolute Gasteiger partial charge is 0.212 e. The van der Waals surface area contributed by atoms with Crippen molar-refractivity contribution < 1.29 is 8.42 Å². The van der Waals surface area contributed by atoms with Crippen LogP contribution in [0.2, 0.25) is 0 Å². The van der Waals surface area contributed by atoms with Crippen molar-refractivity contribution in [1.82, 2.24) is 19.5 Å². The van der Waals surface area contributed by atoms with Gasteiger partial charge in [-0.3, -0.25) is 9.67 Å². The minimum Gasteiger partial charge on any atom is -0.268 e. The molecule has 0 aromatic carbocycles. The molecule has 0 aliphatic heterocycles. The van der Waals surface area contributed by atoms with Crippen molar-refractivity contribution in [2.75, 3.05) is 5.75 Å². The van der Waals surface area contributed by atoms with E-state index in [1.807, 2.05) is 33.0 Å². The Bertz CT molecular complexity index is 707. The highest BCUT2D eigenvalue weighted by Gasteiger charge is 2.12. The van der Waals surface area contributed by atoms with Crippen LogP contribution in [0.25, 0.3) is 11.3 Å². The van der Waals surface area contributed by atoms with E-state index in [2.05, 4.69) is 14.8 Å². The molecule has 2 heterocycles. The van der Waals surface area contributed by atoms with Crippen LogP contribution in [-0.4, -0.2) is 28.9 Å². The van der Waals surface area contributed by atoms with E-state index < -0.39 is 10.0 Å². The molecule has 1 N–H and O–H groups in total. The van der Waals surface area contributed by atoms with Gasteiger partial charge in [0.1, 0.15) is 0 Å². The van der Waals surface area contributed by atoms with E-state index in [9.17, 15) is 8.42 Å². The van der Waals surface area contributed by atoms with E-state index in [4.69, 9.17) is 0 Å². The van der Waals surface area contributed by atoms with Gasteiger partial charge in [0.2, 0.25) is 10.0 Å². The Morgan fingerprint density at radius 3 is 2.71 bits per heavy atom. The molecule has 0 amide bonds. The summed E-state index contributed by atoms with van der Waals surface area (Å²) in [5.74, 6) is 0.225. The molecular formula is C14H20N4O2S. The van der Waals surface area contributed by atoms with Crippen molar-refractivity contribution >= 4 is 10.0 Å². The fourth-order valence-electron chi connectivity index (χ4n) is 2.07. The molecule has 21 heavy (non-hydrogen) atoms. The van der Waals surface area contributed by atoms with Gasteiger partial charge in [-0.15, -0.1) is 0 Å². The van der Waals surface area contributed by atoms with E-state index in [1.54, 1.807) is 23.3 Å². The number of rotatable bonds is 6. The lowest BCUT2D eigenvalue weighted by molar-refractivity contribution is 0.568. The normalized spacial score (nSPS) is 12.0. The fraction of sp³-hybridized carbons (Fsp3) is 0.429. The van der Waals surface area contributed by atoms with Gasteiger partial charge in [0.25, 0.3) is 0 Å². The average molecular weight is 308 g/mol. The zero-order valence-corrected chi connectivity index (χ0v) is 13.3. The number of hydrogen-bond donors (Lipinski definition) is 1. The van der Waals surface area contributed by atoms with Gasteiger partial charge in [-0.25, -0.2) is 13.1 Å². The Morgan fingerprint density at radius 1 is 1.33 bits per heavy atom. The highest BCUT2D eigenvalue weighted by atomic mass is 32.2. The summed E-state index contributed by atoms with van der Waals surface area (Å²) < 4.78 is 28.0. The molecule has 6 nitrogen and oxygen atoms in total. The lowest BCUT2D eigenvalue weighted by Crippen LogP contribution is -2.28. The summed E-state index contributed by atoms with van der Waals surface area (Å²) >= 11 is 0. The van der Waals surface area contributed by atoms with E-state index in [-0.39, 0.29) is 18.2 Å². The van der Waals surface area contributed by atoms with Gasteiger partial charge in [0.15, 0.2) is 0 Å². The zero-order chi connectivity index (χ0) is 15.5. The minimum atomic E-state index is -3.25. The molecule has 0 fully saturated rings. The van der Waals surface area contributed by atoms with Gasteiger partial charge < -0.3 is 0 Å². The van der Waals surface area contributed by atoms with Crippen LogP contribution in [0.5, 0.6) is 0 Å². The third-order valence-electron chi connectivity index (χ3n) is 2.96. The minimum absolute atomic E-state index is 0.0985. The fourth-order valence-corrected chi connectivity index (χ4v) is 3.45. The average Bonchev–Trinajstić information content (AvgIpc) is 2.82. The second-order valence-corrected chi connectivity index (χ2v) is 7.27. The van der Waals surface area contributed by atoms with Gasteiger partial charge >= 0.3 is 0 Å². The third kappa shape index (κ3) is 4.37. The molecule has 0 aliphatic rings. The summed E-state index contributed by atoms with van der Waals surface area (Å²) in [5, 5.41) is 4.12. The Balaban J connectivity index is 2.11. The summed E-state index contributed by atoms with van der Waals surface area (Å²) in [6.45, 7) is 4.00. The van der Waals surface area contributed by atoms with Crippen molar-refractivity contribution in [2.24, 2.45) is 13.0 Å². The van der Waals surface area contributed by atoms with Crippen molar-refractivity contribution in [2.45, 2.75) is 20.4 Å². The summed E-state index contributed by atoms with van der Waals surface area (Å²) in [5.41, 5.74) is 2.67. The van der Waals surface area contributed by atoms with Crippen LogP contribution < -0.4 is 4.72 Å².